The number of nitrogens with zero attached hydrogens (tertiary/aromatic N) is 2. The van der Waals surface area contributed by atoms with Crippen LogP contribution in [0.5, 0.6) is 5.75 Å². The third kappa shape index (κ3) is 3.72. The maximum absolute atomic E-state index is 13.5. The minimum atomic E-state index is -0.240. The molecule has 2 heterocycles. The second-order valence-electron chi connectivity index (χ2n) is 7.47. The zero-order chi connectivity index (χ0) is 22.8. The fraction of sp³-hybridized carbons (Fsp3) is 0.192. The van der Waals surface area contributed by atoms with Crippen LogP contribution in [0.4, 0.5) is 5.00 Å². The monoisotopic (exact) mass is 441 g/mol. The standard InChI is InChI=1S/C26H23N3O2S/c1-5-19-16(3)32-26(21(19)14-27)29-25(30)23-15(2)24(17-10-12-18(31-4)13-11-17)28-22-9-7-6-8-20(22)23/h6-13H,5H2,1-4H3,(H,29,30). The number of rotatable bonds is 5. The Kier molecular flexibility index (Phi) is 5.93. The van der Waals surface area contributed by atoms with Crippen molar-refractivity contribution in [2.24, 2.45) is 0 Å². The van der Waals surface area contributed by atoms with E-state index in [-0.39, 0.29) is 5.91 Å². The smallest absolute Gasteiger partial charge is 0.257 e. The summed E-state index contributed by atoms with van der Waals surface area (Å²) < 4.78 is 5.27. The van der Waals surface area contributed by atoms with Crippen LogP contribution >= 0.6 is 11.3 Å². The second-order valence-corrected chi connectivity index (χ2v) is 8.69. The molecule has 32 heavy (non-hydrogen) atoms. The molecule has 0 unspecified atom stereocenters. The number of amides is 1. The Labute approximate surface area is 191 Å². The summed E-state index contributed by atoms with van der Waals surface area (Å²) in [6.07, 6.45) is 0.750. The Morgan fingerprint density at radius 3 is 2.53 bits per heavy atom. The van der Waals surface area contributed by atoms with Gasteiger partial charge in [0.25, 0.3) is 5.91 Å². The number of benzene rings is 2. The Bertz CT molecular complexity index is 1360. The van der Waals surface area contributed by atoms with Gasteiger partial charge in [0.15, 0.2) is 0 Å². The first-order valence-electron chi connectivity index (χ1n) is 10.4. The highest BCUT2D eigenvalue weighted by Crippen LogP contribution is 2.35. The van der Waals surface area contributed by atoms with Gasteiger partial charge in [-0.3, -0.25) is 4.79 Å². The molecule has 6 heteroatoms. The molecule has 1 amide bonds. The van der Waals surface area contributed by atoms with E-state index in [1.807, 2.05) is 69.3 Å². The van der Waals surface area contributed by atoms with Gasteiger partial charge in [-0.2, -0.15) is 5.26 Å². The first kappa shape index (κ1) is 21.5. The maximum Gasteiger partial charge on any atom is 0.257 e. The number of pyridine rings is 1. The number of anilines is 1. The van der Waals surface area contributed by atoms with Crippen molar-refractivity contribution in [3.8, 4) is 23.1 Å². The molecule has 0 aliphatic rings. The van der Waals surface area contributed by atoms with E-state index in [4.69, 9.17) is 9.72 Å². The van der Waals surface area contributed by atoms with Gasteiger partial charge >= 0.3 is 0 Å². The largest absolute Gasteiger partial charge is 0.497 e. The normalized spacial score (nSPS) is 10.7. The number of nitrogens with one attached hydrogen (secondary N) is 1. The van der Waals surface area contributed by atoms with Gasteiger partial charge in [-0.25, -0.2) is 4.98 Å². The summed E-state index contributed by atoms with van der Waals surface area (Å²) in [6, 6.07) is 17.5. The van der Waals surface area contributed by atoms with Crippen molar-refractivity contribution >= 4 is 33.1 Å². The molecule has 0 aliphatic carbocycles. The van der Waals surface area contributed by atoms with Gasteiger partial charge in [0.05, 0.1) is 29.4 Å². The van der Waals surface area contributed by atoms with Crippen LogP contribution in [-0.2, 0) is 6.42 Å². The highest BCUT2D eigenvalue weighted by molar-refractivity contribution is 7.16. The molecule has 0 radical (unpaired) electrons. The maximum atomic E-state index is 13.5. The van der Waals surface area contributed by atoms with E-state index in [1.54, 1.807) is 7.11 Å². The number of hydrogen-bond acceptors (Lipinski definition) is 5. The van der Waals surface area contributed by atoms with Crippen LogP contribution in [-0.4, -0.2) is 18.0 Å². The average molecular weight is 442 g/mol. The quantitative estimate of drug-likeness (QED) is 0.396. The second kappa shape index (κ2) is 8.81. The van der Waals surface area contributed by atoms with Crippen molar-refractivity contribution in [2.75, 3.05) is 12.4 Å². The Hall–Kier alpha value is -3.69. The molecule has 0 atom stereocenters. The molecule has 2 aromatic carbocycles. The molecule has 160 valence electrons. The number of ether oxygens (including phenoxy) is 1. The lowest BCUT2D eigenvalue weighted by atomic mass is 9.97. The van der Waals surface area contributed by atoms with E-state index in [1.165, 1.54) is 11.3 Å². The number of hydrogen-bond donors (Lipinski definition) is 1. The topological polar surface area (TPSA) is 75.0 Å². The highest BCUT2D eigenvalue weighted by atomic mass is 32.1. The molecule has 0 saturated heterocycles. The lowest BCUT2D eigenvalue weighted by Gasteiger charge is -2.15. The number of methoxy groups -OCH3 is 1. The number of aromatic nitrogens is 1. The van der Waals surface area contributed by atoms with Crippen LogP contribution in [0, 0.1) is 25.2 Å². The third-order valence-electron chi connectivity index (χ3n) is 5.63. The van der Waals surface area contributed by atoms with Crippen molar-refractivity contribution in [3.05, 3.63) is 75.7 Å². The molecule has 0 fully saturated rings. The summed E-state index contributed by atoms with van der Waals surface area (Å²) >= 11 is 1.45. The van der Waals surface area contributed by atoms with Crippen molar-refractivity contribution in [3.63, 3.8) is 0 Å². The van der Waals surface area contributed by atoms with Gasteiger partial charge in [0.2, 0.25) is 0 Å². The average Bonchev–Trinajstić information content (AvgIpc) is 3.12. The Morgan fingerprint density at radius 2 is 1.88 bits per heavy atom. The summed E-state index contributed by atoms with van der Waals surface area (Å²) in [4.78, 5) is 19.4. The summed E-state index contributed by atoms with van der Waals surface area (Å²) in [5.41, 5.74) is 5.28. The van der Waals surface area contributed by atoms with E-state index in [0.29, 0.717) is 16.1 Å². The number of carbonyl (C=O) groups excluding carboxylic acids is 1. The predicted molar refractivity (Wildman–Crippen MR) is 130 cm³/mol. The number of fused-ring (bicyclic) bond motifs is 1. The number of para-hydroxylation sites is 1. The third-order valence-corrected chi connectivity index (χ3v) is 6.69. The van der Waals surface area contributed by atoms with E-state index in [0.717, 1.165) is 50.3 Å². The molecule has 5 nitrogen and oxygen atoms in total. The zero-order valence-corrected chi connectivity index (χ0v) is 19.3. The number of aryl methyl sites for hydroxylation is 1. The molecule has 4 rings (SSSR count). The molecule has 0 bridgehead atoms. The summed E-state index contributed by atoms with van der Waals surface area (Å²) in [6.45, 7) is 5.91. The Balaban J connectivity index is 1.85. The summed E-state index contributed by atoms with van der Waals surface area (Å²) in [7, 11) is 1.63. The number of thiophene rings is 1. The highest BCUT2D eigenvalue weighted by Gasteiger charge is 2.22. The first-order valence-corrected chi connectivity index (χ1v) is 11.2. The van der Waals surface area contributed by atoms with Crippen LogP contribution in [0.15, 0.2) is 48.5 Å². The first-order chi connectivity index (χ1) is 15.5. The van der Waals surface area contributed by atoms with Crippen molar-refractivity contribution < 1.29 is 9.53 Å². The van der Waals surface area contributed by atoms with Gasteiger partial charge in [-0.1, -0.05) is 25.1 Å². The summed E-state index contributed by atoms with van der Waals surface area (Å²) in [5, 5.41) is 14.1. The molecule has 2 aromatic heterocycles. The lowest BCUT2D eigenvalue weighted by Crippen LogP contribution is -2.15. The van der Waals surface area contributed by atoms with Gasteiger partial charge in [-0.05, 0) is 61.7 Å². The fourth-order valence-electron chi connectivity index (χ4n) is 4.01. The molecule has 0 spiro atoms. The van der Waals surface area contributed by atoms with E-state index in [2.05, 4.69) is 11.4 Å². The molecule has 4 aromatic rings. The van der Waals surface area contributed by atoms with Crippen LogP contribution in [0.3, 0.4) is 0 Å². The minimum absolute atomic E-state index is 0.240. The zero-order valence-electron chi connectivity index (χ0n) is 18.4. The van der Waals surface area contributed by atoms with Crippen LogP contribution in [0.25, 0.3) is 22.2 Å². The van der Waals surface area contributed by atoms with E-state index < -0.39 is 0 Å². The molecule has 0 aliphatic heterocycles. The van der Waals surface area contributed by atoms with Gasteiger partial charge in [0, 0.05) is 15.8 Å². The van der Waals surface area contributed by atoms with Gasteiger partial charge in [-0.15, -0.1) is 11.3 Å². The molecular formula is C26H23N3O2S. The van der Waals surface area contributed by atoms with Crippen LogP contribution < -0.4 is 10.1 Å². The van der Waals surface area contributed by atoms with Crippen molar-refractivity contribution in [2.45, 2.75) is 27.2 Å². The number of nitriles is 1. The van der Waals surface area contributed by atoms with E-state index >= 15 is 0 Å². The predicted octanol–water partition coefficient (Wildman–Crippen LogP) is 6.28. The van der Waals surface area contributed by atoms with Crippen LogP contribution in [0.2, 0.25) is 0 Å². The van der Waals surface area contributed by atoms with Crippen molar-refractivity contribution in [1.82, 2.24) is 4.98 Å². The number of carbonyl (C=O) groups is 1. The fourth-order valence-corrected chi connectivity index (χ4v) is 5.10. The molecule has 0 saturated carbocycles. The van der Waals surface area contributed by atoms with E-state index in [9.17, 15) is 10.1 Å². The van der Waals surface area contributed by atoms with Gasteiger partial charge in [0.1, 0.15) is 16.8 Å². The van der Waals surface area contributed by atoms with Crippen molar-refractivity contribution in [1.29, 1.82) is 5.26 Å². The Morgan fingerprint density at radius 1 is 1.16 bits per heavy atom. The lowest BCUT2D eigenvalue weighted by molar-refractivity contribution is 0.102. The summed E-state index contributed by atoms with van der Waals surface area (Å²) in [5.74, 6) is 0.519. The SMILES string of the molecule is CCc1c(C)sc(NC(=O)c2c(C)c(-c3ccc(OC)cc3)nc3ccccc23)c1C#N. The van der Waals surface area contributed by atoms with Crippen LogP contribution in [0.1, 0.15) is 38.8 Å². The molecule has 1 N–H and O–H groups in total. The minimum Gasteiger partial charge on any atom is -0.497 e. The van der Waals surface area contributed by atoms with Gasteiger partial charge < -0.3 is 10.1 Å². The molecular weight excluding hydrogens is 418 g/mol.